The van der Waals surface area contributed by atoms with Gasteiger partial charge in [0.2, 0.25) is 0 Å². The number of ether oxygens (including phenoxy) is 1. The average Bonchev–Trinajstić information content (AvgIpc) is 2.74. The molecule has 6 heteroatoms. The third-order valence-electron chi connectivity index (χ3n) is 5.64. The zero-order valence-electron chi connectivity index (χ0n) is 16.3. The SMILES string of the molecule is COc1cccc(N2CCN(c3cc(N4CCC[C@@H](C)C4)ncn3)CC2)c1. The van der Waals surface area contributed by atoms with Crippen LogP contribution in [0.1, 0.15) is 19.8 Å². The molecule has 0 spiro atoms. The highest BCUT2D eigenvalue weighted by Crippen LogP contribution is 2.26. The lowest BCUT2D eigenvalue weighted by Crippen LogP contribution is -2.47. The number of piperidine rings is 1. The van der Waals surface area contributed by atoms with E-state index in [1.165, 1.54) is 18.5 Å². The molecular weight excluding hydrogens is 338 g/mol. The zero-order valence-corrected chi connectivity index (χ0v) is 16.3. The highest BCUT2D eigenvalue weighted by atomic mass is 16.5. The van der Waals surface area contributed by atoms with Gasteiger partial charge >= 0.3 is 0 Å². The number of rotatable bonds is 4. The van der Waals surface area contributed by atoms with E-state index in [1.807, 2.05) is 6.07 Å². The number of piperazine rings is 1. The maximum Gasteiger partial charge on any atom is 0.134 e. The lowest BCUT2D eigenvalue weighted by atomic mass is 10.0. The van der Waals surface area contributed by atoms with Crippen molar-refractivity contribution in [3.8, 4) is 5.75 Å². The molecule has 2 fully saturated rings. The highest BCUT2D eigenvalue weighted by molar-refractivity contribution is 5.54. The molecule has 0 aliphatic carbocycles. The van der Waals surface area contributed by atoms with E-state index in [4.69, 9.17) is 4.74 Å². The number of hydrogen-bond donors (Lipinski definition) is 0. The molecule has 0 unspecified atom stereocenters. The quantitative estimate of drug-likeness (QED) is 0.828. The predicted molar refractivity (Wildman–Crippen MR) is 110 cm³/mol. The molecule has 2 aromatic rings. The fourth-order valence-corrected chi connectivity index (χ4v) is 4.08. The number of hydrogen-bond acceptors (Lipinski definition) is 6. The van der Waals surface area contributed by atoms with Crippen LogP contribution in [-0.4, -0.2) is 56.3 Å². The number of nitrogens with zero attached hydrogens (tertiary/aromatic N) is 5. The third-order valence-corrected chi connectivity index (χ3v) is 5.64. The van der Waals surface area contributed by atoms with E-state index in [2.05, 4.69) is 55.9 Å². The smallest absolute Gasteiger partial charge is 0.134 e. The minimum atomic E-state index is 0.739. The maximum atomic E-state index is 5.36. The molecule has 27 heavy (non-hydrogen) atoms. The fourth-order valence-electron chi connectivity index (χ4n) is 4.08. The Labute approximate surface area is 161 Å². The number of aromatic nitrogens is 2. The molecule has 1 aromatic carbocycles. The van der Waals surface area contributed by atoms with Crippen molar-refractivity contribution in [2.45, 2.75) is 19.8 Å². The van der Waals surface area contributed by atoms with Gasteiger partial charge in [-0.1, -0.05) is 13.0 Å². The van der Waals surface area contributed by atoms with Crippen LogP contribution < -0.4 is 19.4 Å². The largest absolute Gasteiger partial charge is 0.497 e. The third kappa shape index (κ3) is 4.10. The molecule has 1 atom stereocenters. The molecule has 0 N–H and O–H groups in total. The van der Waals surface area contributed by atoms with Crippen LogP contribution in [-0.2, 0) is 0 Å². The van der Waals surface area contributed by atoms with E-state index in [0.717, 1.165) is 62.6 Å². The van der Waals surface area contributed by atoms with Crippen molar-refractivity contribution in [2.24, 2.45) is 5.92 Å². The minimum Gasteiger partial charge on any atom is -0.497 e. The van der Waals surface area contributed by atoms with E-state index in [0.29, 0.717) is 0 Å². The predicted octanol–water partition coefficient (Wildman–Crippen LogP) is 3.05. The summed E-state index contributed by atoms with van der Waals surface area (Å²) < 4.78 is 5.36. The van der Waals surface area contributed by atoms with Crippen molar-refractivity contribution in [3.63, 3.8) is 0 Å². The van der Waals surface area contributed by atoms with Crippen molar-refractivity contribution in [1.82, 2.24) is 9.97 Å². The van der Waals surface area contributed by atoms with E-state index in [9.17, 15) is 0 Å². The van der Waals surface area contributed by atoms with Crippen LogP contribution in [0, 0.1) is 5.92 Å². The molecule has 3 heterocycles. The van der Waals surface area contributed by atoms with Crippen molar-refractivity contribution in [3.05, 3.63) is 36.7 Å². The average molecular weight is 367 g/mol. The summed E-state index contributed by atoms with van der Waals surface area (Å²) >= 11 is 0. The Bertz CT molecular complexity index is 760. The Morgan fingerprint density at radius 2 is 1.67 bits per heavy atom. The normalized spacial score (nSPS) is 20.7. The molecule has 0 amide bonds. The first-order chi connectivity index (χ1) is 13.2. The number of anilines is 3. The van der Waals surface area contributed by atoms with Gasteiger partial charge in [0.15, 0.2) is 0 Å². The maximum absolute atomic E-state index is 5.36. The van der Waals surface area contributed by atoms with Crippen LogP contribution >= 0.6 is 0 Å². The molecule has 6 nitrogen and oxygen atoms in total. The molecule has 0 saturated carbocycles. The first-order valence-corrected chi connectivity index (χ1v) is 9.94. The summed E-state index contributed by atoms with van der Waals surface area (Å²) in [5, 5.41) is 0. The highest BCUT2D eigenvalue weighted by Gasteiger charge is 2.21. The monoisotopic (exact) mass is 367 g/mol. The van der Waals surface area contributed by atoms with Gasteiger partial charge in [0.25, 0.3) is 0 Å². The molecule has 2 aliphatic rings. The first kappa shape index (κ1) is 17.9. The minimum absolute atomic E-state index is 0.739. The van der Waals surface area contributed by atoms with E-state index >= 15 is 0 Å². The first-order valence-electron chi connectivity index (χ1n) is 9.94. The van der Waals surface area contributed by atoms with Gasteiger partial charge in [-0.25, -0.2) is 9.97 Å². The van der Waals surface area contributed by atoms with Crippen LogP contribution in [0.2, 0.25) is 0 Å². The molecule has 144 valence electrons. The second kappa shape index (κ2) is 8.03. The van der Waals surface area contributed by atoms with Crippen molar-refractivity contribution >= 4 is 17.3 Å². The number of methoxy groups -OCH3 is 1. The Morgan fingerprint density at radius 1 is 0.926 bits per heavy atom. The van der Waals surface area contributed by atoms with Gasteiger partial charge in [-0.2, -0.15) is 0 Å². The Hall–Kier alpha value is -2.50. The Morgan fingerprint density at radius 3 is 2.41 bits per heavy atom. The van der Waals surface area contributed by atoms with Crippen LogP contribution in [0.4, 0.5) is 17.3 Å². The summed E-state index contributed by atoms with van der Waals surface area (Å²) in [4.78, 5) is 16.3. The van der Waals surface area contributed by atoms with E-state index in [-0.39, 0.29) is 0 Å². The molecule has 0 radical (unpaired) electrons. The summed E-state index contributed by atoms with van der Waals surface area (Å²) in [5.41, 5.74) is 1.22. The fraction of sp³-hybridized carbons (Fsp3) is 0.524. The van der Waals surface area contributed by atoms with Gasteiger partial charge in [-0.15, -0.1) is 0 Å². The van der Waals surface area contributed by atoms with Crippen molar-refractivity contribution in [1.29, 1.82) is 0 Å². The van der Waals surface area contributed by atoms with E-state index < -0.39 is 0 Å². The van der Waals surface area contributed by atoms with Gasteiger partial charge in [0.05, 0.1) is 7.11 Å². The van der Waals surface area contributed by atoms with Gasteiger partial charge < -0.3 is 19.4 Å². The topological polar surface area (TPSA) is 44.7 Å². The molecule has 1 aromatic heterocycles. The van der Waals surface area contributed by atoms with Gasteiger partial charge in [-0.05, 0) is 30.9 Å². The van der Waals surface area contributed by atoms with Crippen molar-refractivity contribution in [2.75, 3.05) is 61.1 Å². The molecule has 0 bridgehead atoms. The molecular formula is C21H29N5O. The van der Waals surface area contributed by atoms with Gasteiger partial charge in [0.1, 0.15) is 23.7 Å². The van der Waals surface area contributed by atoms with E-state index in [1.54, 1.807) is 13.4 Å². The van der Waals surface area contributed by atoms with Crippen LogP contribution in [0.3, 0.4) is 0 Å². The van der Waals surface area contributed by atoms with Crippen LogP contribution in [0.15, 0.2) is 36.7 Å². The number of benzene rings is 1. The van der Waals surface area contributed by atoms with Gasteiger partial charge in [-0.3, -0.25) is 0 Å². The van der Waals surface area contributed by atoms with Crippen LogP contribution in [0.5, 0.6) is 5.75 Å². The summed E-state index contributed by atoms with van der Waals surface area (Å²) in [6.07, 6.45) is 4.29. The Balaban J connectivity index is 1.41. The molecule has 2 saturated heterocycles. The summed E-state index contributed by atoms with van der Waals surface area (Å²) in [5.74, 6) is 3.76. The second-order valence-corrected chi connectivity index (χ2v) is 7.60. The summed E-state index contributed by atoms with van der Waals surface area (Å²) in [7, 11) is 1.72. The van der Waals surface area contributed by atoms with Gasteiger partial charge in [0, 0.05) is 57.1 Å². The molecule has 4 rings (SSSR count). The Kier molecular flexibility index (Phi) is 5.32. The van der Waals surface area contributed by atoms with Crippen LogP contribution in [0.25, 0.3) is 0 Å². The van der Waals surface area contributed by atoms with Crippen molar-refractivity contribution < 1.29 is 4.74 Å². The standard InChI is InChI=1S/C21H29N5O/c1-17-5-4-8-26(15-17)21-14-20(22-16-23-21)25-11-9-24(10-12-25)18-6-3-7-19(13-18)27-2/h3,6-7,13-14,16-17H,4-5,8-12,15H2,1-2H3/t17-/m1/s1. The zero-order chi connectivity index (χ0) is 18.6. The summed E-state index contributed by atoms with van der Waals surface area (Å²) in [6.45, 7) is 8.41. The lowest BCUT2D eigenvalue weighted by molar-refractivity contribution is 0.414. The molecule has 2 aliphatic heterocycles. The lowest BCUT2D eigenvalue weighted by Gasteiger charge is -2.37. The second-order valence-electron chi connectivity index (χ2n) is 7.60. The summed E-state index contributed by atoms with van der Waals surface area (Å²) in [6, 6.07) is 10.5.